The Bertz CT molecular complexity index is 425. The molecule has 15 heavy (non-hydrogen) atoms. The van der Waals surface area contributed by atoms with Crippen LogP contribution in [0.2, 0.25) is 0 Å². The molecule has 2 rings (SSSR count). The van der Waals surface area contributed by atoms with E-state index in [-0.39, 0.29) is 5.91 Å². The predicted molar refractivity (Wildman–Crippen MR) is 51.8 cm³/mol. The van der Waals surface area contributed by atoms with Crippen LogP contribution in [0.5, 0.6) is 0 Å². The highest BCUT2D eigenvalue weighted by Crippen LogP contribution is 1.96. The molecule has 0 fully saturated rings. The van der Waals surface area contributed by atoms with Gasteiger partial charge in [0.15, 0.2) is 0 Å². The van der Waals surface area contributed by atoms with Gasteiger partial charge in [-0.1, -0.05) is 0 Å². The highest BCUT2D eigenvalue weighted by atomic mass is 16.1. The van der Waals surface area contributed by atoms with Gasteiger partial charge in [0.25, 0.3) is 5.91 Å². The van der Waals surface area contributed by atoms with Crippen molar-refractivity contribution < 1.29 is 4.79 Å². The summed E-state index contributed by atoms with van der Waals surface area (Å²) >= 11 is 0. The lowest BCUT2D eigenvalue weighted by molar-refractivity contribution is 0.0950. The second-order valence-corrected chi connectivity index (χ2v) is 2.92. The predicted octanol–water partition coefficient (Wildman–Crippen LogP) is 0.130. The van der Waals surface area contributed by atoms with Crippen LogP contribution in [-0.2, 0) is 6.54 Å². The number of rotatable bonds is 3. The third-order valence-corrected chi connectivity index (χ3v) is 1.83. The average Bonchev–Trinajstić information content (AvgIpc) is 2.80. The molecule has 0 aliphatic carbocycles. The van der Waals surface area contributed by atoms with Crippen LogP contribution in [0.3, 0.4) is 0 Å². The van der Waals surface area contributed by atoms with Crippen LogP contribution in [0.1, 0.15) is 15.9 Å². The van der Waals surface area contributed by atoms with Crippen LogP contribution in [0.4, 0.5) is 0 Å². The molecule has 0 radical (unpaired) electrons. The fraction of sp³-hybridized carbons (Fsp3) is 0.111. The maximum Gasteiger partial charge on any atom is 0.254 e. The Hall–Kier alpha value is -2.24. The van der Waals surface area contributed by atoms with E-state index in [4.69, 9.17) is 0 Å². The second-order valence-electron chi connectivity index (χ2n) is 2.92. The normalized spacial score (nSPS) is 9.87. The zero-order valence-corrected chi connectivity index (χ0v) is 7.84. The summed E-state index contributed by atoms with van der Waals surface area (Å²) in [5, 5.41) is 9.16. The number of nitrogens with one attached hydrogen (secondary N) is 2. The van der Waals surface area contributed by atoms with Gasteiger partial charge in [-0.25, -0.2) is 9.97 Å². The van der Waals surface area contributed by atoms with Crippen molar-refractivity contribution in [1.29, 1.82) is 0 Å². The molecule has 0 spiro atoms. The lowest BCUT2D eigenvalue weighted by Gasteiger charge is -2.01. The van der Waals surface area contributed by atoms with Crippen LogP contribution < -0.4 is 5.32 Å². The summed E-state index contributed by atoms with van der Waals surface area (Å²) in [6.45, 7) is 0.435. The van der Waals surface area contributed by atoms with Crippen molar-refractivity contribution in [3.63, 3.8) is 0 Å². The van der Waals surface area contributed by atoms with Crippen LogP contribution in [-0.4, -0.2) is 26.1 Å². The monoisotopic (exact) mass is 203 g/mol. The van der Waals surface area contributed by atoms with E-state index in [1.54, 1.807) is 12.4 Å². The fourth-order valence-electron chi connectivity index (χ4n) is 1.08. The molecule has 76 valence electrons. The summed E-state index contributed by atoms with van der Waals surface area (Å²) in [6, 6.07) is 0. The van der Waals surface area contributed by atoms with Gasteiger partial charge in [0, 0.05) is 30.7 Å². The Morgan fingerprint density at radius 3 is 2.80 bits per heavy atom. The maximum absolute atomic E-state index is 11.5. The van der Waals surface area contributed by atoms with Gasteiger partial charge in [0.2, 0.25) is 0 Å². The molecule has 6 heteroatoms. The first-order chi connectivity index (χ1) is 7.36. The maximum atomic E-state index is 11.5. The molecule has 2 N–H and O–H groups in total. The van der Waals surface area contributed by atoms with Crippen molar-refractivity contribution in [2.75, 3.05) is 0 Å². The molecule has 0 atom stereocenters. The Labute approximate surface area is 85.8 Å². The highest BCUT2D eigenvalue weighted by Gasteiger charge is 2.04. The number of H-pyrrole nitrogens is 1. The Kier molecular flexibility index (Phi) is 2.68. The molecular formula is C9H9N5O. The molecule has 0 aromatic carbocycles. The zero-order chi connectivity index (χ0) is 10.5. The molecule has 2 aromatic heterocycles. The number of hydrogen-bond acceptors (Lipinski definition) is 4. The lowest BCUT2D eigenvalue weighted by Crippen LogP contribution is -2.22. The molecule has 1 amide bonds. The topological polar surface area (TPSA) is 83.6 Å². The van der Waals surface area contributed by atoms with E-state index in [2.05, 4.69) is 25.5 Å². The molecular weight excluding hydrogens is 194 g/mol. The van der Waals surface area contributed by atoms with Crippen molar-refractivity contribution in [3.8, 4) is 0 Å². The molecule has 6 nitrogen and oxygen atoms in total. The summed E-state index contributed by atoms with van der Waals surface area (Å²) < 4.78 is 0. The quantitative estimate of drug-likeness (QED) is 0.742. The molecule has 0 unspecified atom stereocenters. The van der Waals surface area contributed by atoms with Crippen molar-refractivity contribution in [1.82, 2.24) is 25.5 Å². The zero-order valence-electron chi connectivity index (χ0n) is 7.84. The summed E-state index contributed by atoms with van der Waals surface area (Å²) in [5.74, 6) is -0.197. The first kappa shape index (κ1) is 9.32. The number of carbonyl (C=O) groups excluding carboxylic acids is 1. The Morgan fingerprint density at radius 2 is 2.13 bits per heavy atom. The fourth-order valence-corrected chi connectivity index (χ4v) is 1.08. The number of nitrogens with zero attached hydrogens (tertiary/aromatic N) is 3. The first-order valence-corrected chi connectivity index (χ1v) is 4.37. The van der Waals surface area contributed by atoms with E-state index in [9.17, 15) is 4.79 Å². The van der Waals surface area contributed by atoms with E-state index in [0.29, 0.717) is 12.1 Å². The molecule has 0 aliphatic rings. The van der Waals surface area contributed by atoms with Crippen molar-refractivity contribution in [2.45, 2.75) is 6.54 Å². The van der Waals surface area contributed by atoms with E-state index < -0.39 is 0 Å². The van der Waals surface area contributed by atoms with Gasteiger partial charge in [-0.15, -0.1) is 0 Å². The minimum atomic E-state index is -0.197. The number of aromatic nitrogens is 4. The van der Waals surface area contributed by atoms with Gasteiger partial charge < -0.3 is 5.32 Å². The number of hydrogen-bond donors (Lipinski definition) is 2. The highest BCUT2D eigenvalue weighted by molar-refractivity contribution is 5.93. The van der Waals surface area contributed by atoms with Gasteiger partial charge in [-0.2, -0.15) is 5.10 Å². The largest absolute Gasteiger partial charge is 0.348 e. The van der Waals surface area contributed by atoms with Gasteiger partial charge in [-0.3, -0.25) is 9.89 Å². The van der Waals surface area contributed by atoms with Gasteiger partial charge in [0.05, 0.1) is 11.8 Å². The number of amides is 1. The molecule has 0 aliphatic heterocycles. The van der Waals surface area contributed by atoms with Gasteiger partial charge >= 0.3 is 0 Å². The van der Waals surface area contributed by atoms with Crippen LogP contribution in [0, 0.1) is 0 Å². The average molecular weight is 203 g/mol. The number of aromatic amines is 1. The minimum absolute atomic E-state index is 0.197. The Morgan fingerprint density at radius 1 is 1.33 bits per heavy atom. The third-order valence-electron chi connectivity index (χ3n) is 1.83. The summed E-state index contributed by atoms with van der Waals surface area (Å²) in [6.07, 6.45) is 7.70. The lowest BCUT2D eigenvalue weighted by atomic mass is 10.3. The van der Waals surface area contributed by atoms with E-state index in [0.717, 1.165) is 5.56 Å². The second kappa shape index (κ2) is 4.32. The van der Waals surface area contributed by atoms with Crippen molar-refractivity contribution >= 4 is 5.91 Å². The number of carbonyl (C=O) groups is 1. The molecule has 0 bridgehead atoms. The summed E-state index contributed by atoms with van der Waals surface area (Å²) in [7, 11) is 0. The minimum Gasteiger partial charge on any atom is -0.348 e. The first-order valence-electron chi connectivity index (χ1n) is 4.37. The van der Waals surface area contributed by atoms with Crippen molar-refractivity contribution in [3.05, 3.63) is 42.2 Å². The van der Waals surface area contributed by atoms with Crippen LogP contribution in [0.15, 0.2) is 31.1 Å². The SMILES string of the molecule is O=C(NCc1cn[nH]c1)c1cncnc1. The van der Waals surface area contributed by atoms with E-state index in [1.165, 1.54) is 18.7 Å². The molecule has 0 saturated carbocycles. The summed E-state index contributed by atoms with van der Waals surface area (Å²) in [4.78, 5) is 19.0. The Balaban J connectivity index is 1.94. The van der Waals surface area contributed by atoms with E-state index in [1.807, 2.05) is 0 Å². The van der Waals surface area contributed by atoms with Crippen molar-refractivity contribution in [2.24, 2.45) is 0 Å². The third kappa shape index (κ3) is 2.37. The van der Waals surface area contributed by atoms with Gasteiger partial charge in [0.1, 0.15) is 6.33 Å². The molecule has 2 aromatic rings. The standard InChI is InChI=1S/C9H9N5O/c15-9(8-4-10-6-11-5-8)12-1-7-2-13-14-3-7/h2-6H,1H2,(H,12,15)(H,13,14). The molecule has 2 heterocycles. The van der Waals surface area contributed by atoms with E-state index >= 15 is 0 Å². The van der Waals surface area contributed by atoms with Crippen LogP contribution in [0.25, 0.3) is 0 Å². The smallest absolute Gasteiger partial charge is 0.254 e. The summed E-state index contributed by atoms with van der Waals surface area (Å²) in [5.41, 5.74) is 1.36. The van der Waals surface area contributed by atoms with Gasteiger partial charge in [-0.05, 0) is 0 Å². The van der Waals surface area contributed by atoms with Crippen LogP contribution >= 0.6 is 0 Å². The molecule has 0 saturated heterocycles.